The van der Waals surface area contributed by atoms with Crippen molar-refractivity contribution in [1.82, 2.24) is 26.6 Å². The molecule has 0 rings (SSSR count). The van der Waals surface area contributed by atoms with E-state index in [1.807, 2.05) is 0 Å². The fraction of sp³-hybridized carbons (Fsp3) is 1.00. The van der Waals surface area contributed by atoms with Crippen molar-refractivity contribution in [3.05, 3.63) is 0 Å². The summed E-state index contributed by atoms with van der Waals surface area (Å²) in [6.07, 6.45) is 24.9. The molecule has 5 N–H and O–H groups in total. The molecule has 0 bridgehead atoms. The first-order chi connectivity index (χ1) is 21.6. The van der Waals surface area contributed by atoms with Crippen LogP contribution in [0.15, 0.2) is 0 Å². The van der Waals surface area contributed by atoms with Crippen LogP contribution in [-0.2, 0) is 0 Å². The molecule has 0 unspecified atom stereocenters. The Morgan fingerprint density at radius 2 is 0.341 bits per heavy atom. The third-order valence-electron chi connectivity index (χ3n) is 6.41. The molecular weight excluding hydrogens is 538 g/mol. The van der Waals surface area contributed by atoms with Crippen LogP contribution in [0.3, 0.4) is 0 Å². The molecule has 0 aliphatic heterocycles. The molecule has 0 spiro atoms. The molecule has 5 nitrogen and oxygen atoms in total. The Labute approximate surface area is 282 Å². The molecule has 0 atom stereocenters. The summed E-state index contributed by atoms with van der Waals surface area (Å²) in [5.74, 6) is 0. The van der Waals surface area contributed by atoms with Gasteiger partial charge in [-0.1, -0.05) is 127 Å². The van der Waals surface area contributed by atoms with E-state index in [0.717, 1.165) is 0 Å². The summed E-state index contributed by atoms with van der Waals surface area (Å²) in [5, 5.41) is 17.3. The zero-order chi connectivity index (χ0) is 34.0. The highest BCUT2D eigenvalue weighted by molar-refractivity contribution is 4.53. The third kappa shape index (κ3) is 83.9. The largest absolute Gasteiger partial charge is 0.317 e. The molecule has 274 valence electrons. The third-order valence-corrected chi connectivity index (χ3v) is 6.41. The number of rotatable bonds is 29. The summed E-state index contributed by atoms with van der Waals surface area (Å²) < 4.78 is 0. The second kappa shape index (κ2) is 65.5. The topological polar surface area (TPSA) is 60.1 Å². The summed E-state index contributed by atoms with van der Waals surface area (Å²) >= 11 is 0. The van der Waals surface area contributed by atoms with Crippen molar-refractivity contribution >= 4 is 0 Å². The van der Waals surface area contributed by atoms with Crippen LogP contribution in [0.25, 0.3) is 0 Å². The standard InChI is InChI=1S/2C12H28N2.C9H21N.2C3H8/c2*1-3-5-9-13-11-7-8-12-14-10-6-4-2;1-3-5-7-9-10-8-6-4-2;2*1-3-2/h2*13-14H,3-12H2,1-2H3;10H,3-9H2,1-2H3;2*3H2,1-2H3. The van der Waals surface area contributed by atoms with Crippen molar-refractivity contribution in [2.24, 2.45) is 0 Å². The van der Waals surface area contributed by atoms with Crippen molar-refractivity contribution in [2.75, 3.05) is 65.4 Å². The normalized spacial score (nSPS) is 9.95. The fourth-order valence-electron chi connectivity index (χ4n) is 3.63. The first kappa shape index (κ1) is 53.3. The minimum atomic E-state index is 1.19. The average Bonchev–Trinajstić information content (AvgIpc) is 3.02. The van der Waals surface area contributed by atoms with Gasteiger partial charge in [0.15, 0.2) is 0 Å². The van der Waals surface area contributed by atoms with Crippen LogP contribution in [-0.4, -0.2) is 65.4 Å². The summed E-state index contributed by atoms with van der Waals surface area (Å²) in [6, 6.07) is 0. The quantitative estimate of drug-likeness (QED) is 0.0532. The van der Waals surface area contributed by atoms with E-state index in [-0.39, 0.29) is 0 Å². The molecule has 0 saturated carbocycles. The SMILES string of the molecule is CCC.CCC.CCCCCNCCCC.CCCCNCCCCNCCCC.CCCCNCCCCNCCCC. The Hall–Kier alpha value is -0.200. The van der Waals surface area contributed by atoms with Gasteiger partial charge in [-0.05, 0) is 130 Å². The van der Waals surface area contributed by atoms with E-state index >= 15 is 0 Å². The molecule has 0 aliphatic carbocycles. The Balaban J connectivity index is -0.000000160. The summed E-state index contributed by atoms with van der Waals surface area (Å²) in [5.41, 5.74) is 0. The van der Waals surface area contributed by atoms with Crippen molar-refractivity contribution in [3.8, 4) is 0 Å². The van der Waals surface area contributed by atoms with Gasteiger partial charge in [-0.3, -0.25) is 0 Å². The summed E-state index contributed by atoms with van der Waals surface area (Å²) in [6.45, 7) is 33.9. The van der Waals surface area contributed by atoms with Crippen LogP contribution in [0.2, 0.25) is 0 Å². The molecular formula is C39H93N5. The predicted octanol–water partition coefficient (Wildman–Crippen LogP) is 10.5. The predicted molar refractivity (Wildman–Crippen MR) is 209 cm³/mol. The van der Waals surface area contributed by atoms with E-state index in [2.05, 4.69) is 95.8 Å². The molecule has 44 heavy (non-hydrogen) atoms. The van der Waals surface area contributed by atoms with Crippen molar-refractivity contribution < 1.29 is 0 Å². The van der Waals surface area contributed by atoms with Crippen molar-refractivity contribution in [2.45, 2.75) is 191 Å². The van der Waals surface area contributed by atoms with Gasteiger partial charge in [0, 0.05) is 0 Å². The Morgan fingerprint density at radius 1 is 0.205 bits per heavy atom. The fourth-order valence-corrected chi connectivity index (χ4v) is 3.63. The van der Waals surface area contributed by atoms with Crippen LogP contribution in [0.5, 0.6) is 0 Å². The van der Waals surface area contributed by atoms with E-state index in [9.17, 15) is 0 Å². The lowest BCUT2D eigenvalue weighted by molar-refractivity contribution is 0.564. The highest BCUT2D eigenvalue weighted by atomic mass is 14.9. The first-order valence-corrected chi connectivity index (χ1v) is 20.1. The Bertz CT molecular complexity index is 310. The highest BCUT2D eigenvalue weighted by Crippen LogP contribution is 1.92. The van der Waals surface area contributed by atoms with Crippen LogP contribution in [0, 0.1) is 0 Å². The molecule has 0 aromatic rings. The second-order valence-electron chi connectivity index (χ2n) is 12.1. The Morgan fingerprint density at radius 3 is 0.500 bits per heavy atom. The van der Waals surface area contributed by atoms with Crippen molar-refractivity contribution in [3.63, 3.8) is 0 Å². The molecule has 5 heteroatoms. The maximum atomic E-state index is 3.46. The summed E-state index contributed by atoms with van der Waals surface area (Å²) in [4.78, 5) is 0. The zero-order valence-corrected chi connectivity index (χ0v) is 33.0. The number of nitrogens with one attached hydrogen (secondary N) is 5. The Kier molecular flexibility index (Phi) is 79.3. The minimum Gasteiger partial charge on any atom is -0.317 e. The maximum Gasteiger partial charge on any atom is -0.00484 e. The van der Waals surface area contributed by atoms with Gasteiger partial charge in [-0.2, -0.15) is 0 Å². The molecule has 0 radical (unpaired) electrons. The van der Waals surface area contributed by atoms with E-state index in [1.165, 1.54) is 187 Å². The van der Waals surface area contributed by atoms with Gasteiger partial charge in [-0.25, -0.2) is 0 Å². The molecule has 0 aliphatic rings. The zero-order valence-electron chi connectivity index (χ0n) is 33.0. The van der Waals surface area contributed by atoms with Gasteiger partial charge in [0.2, 0.25) is 0 Å². The van der Waals surface area contributed by atoms with Gasteiger partial charge in [0.1, 0.15) is 0 Å². The van der Waals surface area contributed by atoms with Crippen LogP contribution in [0.4, 0.5) is 0 Å². The number of unbranched alkanes of at least 4 members (excludes halogenated alkanes) is 9. The second-order valence-corrected chi connectivity index (χ2v) is 12.1. The smallest absolute Gasteiger partial charge is 0.00484 e. The highest BCUT2D eigenvalue weighted by Gasteiger charge is 1.91. The van der Waals surface area contributed by atoms with Crippen LogP contribution < -0.4 is 26.6 Å². The van der Waals surface area contributed by atoms with E-state index in [0.29, 0.717) is 0 Å². The lowest BCUT2D eigenvalue weighted by Crippen LogP contribution is -2.20. The van der Waals surface area contributed by atoms with Crippen molar-refractivity contribution in [1.29, 1.82) is 0 Å². The number of hydrogen-bond donors (Lipinski definition) is 5. The molecule has 0 saturated heterocycles. The lowest BCUT2D eigenvalue weighted by Gasteiger charge is -2.05. The van der Waals surface area contributed by atoms with Gasteiger partial charge in [0.05, 0.1) is 0 Å². The monoisotopic (exact) mass is 632 g/mol. The van der Waals surface area contributed by atoms with Crippen LogP contribution in [0.1, 0.15) is 191 Å². The molecule has 0 aromatic carbocycles. The molecule has 0 amide bonds. The van der Waals surface area contributed by atoms with Gasteiger partial charge in [-0.15, -0.1) is 0 Å². The molecule has 0 aromatic heterocycles. The van der Waals surface area contributed by atoms with Gasteiger partial charge in [0.25, 0.3) is 0 Å². The van der Waals surface area contributed by atoms with E-state index < -0.39 is 0 Å². The van der Waals surface area contributed by atoms with Gasteiger partial charge < -0.3 is 26.6 Å². The summed E-state index contributed by atoms with van der Waals surface area (Å²) in [7, 11) is 0. The average molecular weight is 632 g/mol. The maximum absolute atomic E-state index is 3.46. The first-order valence-electron chi connectivity index (χ1n) is 20.1. The molecule has 0 fully saturated rings. The lowest BCUT2D eigenvalue weighted by atomic mass is 10.2. The van der Waals surface area contributed by atoms with Gasteiger partial charge >= 0.3 is 0 Å². The number of hydrogen-bond acceptors (Lipinski definition) is 5. The minimum absolute atomic E-state index is 1.19. The van der Waals surface area contributed by atoms with E-state index in [4.69, 9.17) is 0 Å². The van der Waals surface area contributed by atoms with Crippen LogP contribution >= 0.6 is 0 Å². The van der Waals surface area contributed by atoms with E-state index in [1.54, 1.807) is 0 Å². The molecule has 0 heterocycles.